The maximum atomic E-state index is 11.0. The molecule has 1 atom stereocenters. The Kier molecular flexibility index (Phi) is 7.09. The molecule has 1 rings (SSSR count). The number of rotatable bonds is 9. The maximum Gasteiger partial charge on any atom is 0.161 e. The molecule has 0 aromatic heterocycles. The van der Waals surface area contributed by atoms with Crippen molar-refractivity contribution in [1.82, 2.24) is 0 Å². The Bertz CT molecular complexity index is 428. The number of carbonyl (C=O) groups excluding carboxylic acids is 1. The summed E-state index contributed by atoms with van der Waals surface area (Å²) in [6.07, 6.45) is 2.21. The molecule has 0 aliphatic heterocycles. The minimum absolute atomic E-state index is 0.175. The zero-order valence-electron chi connectivity index (χ0n) is 12.5. The zero-order valence-corrected chi connectivity index (χ0v) is 12.5. The predicted octanol–water partition coefficient (Wildman–Crippen LogP) is 2.76. The average molecular weight is 280 g/mol. The summed E-state index contributed by atoms with van der Waals surface area (Å²) in [6.45, 7) is 3.97. The summed E-state index contributed by atoms with van der Waals surface area (Å²) in [6, 6.07) is 5.69. The lowest BCUT2D eigenvalue weighted by Crippen LogP contribution is -2.11. The molecule has 0 radical (unpaired) electrons. The molecular weight excluding hydrogens is 256 g/mol. The fourth-order valence-corrected chi connectivity index (χ4v) is 1.82. The van der Waals surface area contributed by atoms with Crippen LogP contribution in [0.25, 0.3) is 0 Å². The molecule has 0 saturated heterocycles. The van der Waals surface area contributed by atoms with Gasteiger partial charge in [-0.3, -0.25) is 0 Å². The molecule has 20 heavy (non-hydrogen) atoms. The first-order chi connectivity index (χ1) is 9.56. The first-order valence-electron chi connectivity index (χ1n) is 7.04. The van der Waals surface area contributed by atoms with Crippen LogP contribution in [0.2, 0.25) is 0 Å². The highest BCUT2D eigenvalue weighted by Gasteiger charge is 2.08. The van der Waals surface area contributed by atoms with Gasteiger partial charge in [0.05, 0.1) is 19.8 Å². The summed E-state index contributed by atoms with van der Waals surface area (Å²) in [4.78, 5) is 11.0. The van der Waals surface area contributed by atoms with E-state index >= 15 is 0 Å². The molecule has 1 N–H and O–H groups in total. The van der Waals surface area contributed by atoms with Gasteiger partial charge in [0.1, 0.15) is 5.78 Å². The van der Waals surface area contributed by atoms with E-state index < -0.39 is 0 Å². The molecule has 4 heteroatoms. The molecule has 1 aromatic carbocycles. The first-order valence-corrected chi connectivity index (χ1v) is 7.04. The highest BCUT2D eigenvalue weighted by molar-refractivity contribution is 5.75. The lowest BCUT2D eigenvalue weighted by molar-refractivity contribution is -0.116. The number of aliphatic hydroxyl groups excluding tert-OH is 1. The molecule has 0 bridgehead atoms. The third kappa shape index (κ3) is 5.61. The van der Waals surface area contributed by atoms with Gasteiger partial charge < -0.3 is 19.4 Å². The van der Waals surface area contributed by atoms with E-state index in [0.29, 0.717) is 37.4 Å². The van der Waals surface area contributed by atoms with Gasteiger partial charge in [0, 0.05) is 12.8 Å². The van der Waals surface area contributed by atoms with E-state index in [0.717, 1.165) is 12.0 Å². The Morgan fingerprint density at radius 1 is 1.35 bits per heavy atom. The monoisotopic (exact) mass is 280 g/mol. The molecule has 0 amide bonds. The van der Waals surface area contributed by atoms with Gasteiger partial charge in [-0.2, -0.15) is 0 Å². The molecule has 0 heterocycles. The van der Waals surface area contributed by atoms with E-state index in [1.807, 2.05) is 25.1 Å². The number of carbonyl (C=O) groups is 1. The second kappa shape index (κ2) is 8.59. The molecule has 0 saturated carbocycles. The molecule has 0 aliphatic carbocycles. The second-order valence-corrected chi connectivity index (χ2v) is 4.89. The van der Waals surface area contributed by atoms with E-state index in [4.69, 9.17) is 9.47 Å². The van der Waals surface area contributed by atoms with E-state index in [1.54, 1.807) is 14.0 Å². The van der Waals surface area contributed by atoms with Crippen LogP contribution < -0.4 is 9.47 Å². The summed E-state index contributed by atoms with van der Waals surface area (Å²) in [5, 5.41) is 9.51. The Balaban J connectivity index is 2.65. The third-order valence-corrected chi connectivity index (χ3v) is 3.17. The van der Waals surface area contributed by atoms with Crippen LogP contribution in [0.4, 0.5) is 0 Å². The van der Waals surface area contributed by atoms with Gasteiger partial charge in [-0.25, -0.2) is 0 Å². The van der Waals surface area contributed by atoms with Crippen LogP contribution in [-0.2, 0) is 11.2 Å². The van der Waals surface area contributed by atoms with Crippen molar-refractivity contribution in [2.75, 3.05) is 13.7 Å². The van der Waals surface area contributed by atoms with Crippen LogP contribution in [0.15, 0.2) is 18.2 Å². The number of ether oxygens (including phenoxy) is 2. The van der Waals surface area contributed by atoms with Crippen molar-refractivity contribution in [1.29, 1.82) is 0 Å². The highest BCUT2D eigenvalue weighted by atomic mass is 16.5. The van der Waals surface area contributed by atoms with Crippen LogP contribution >= 0.6 is 0 Å². The van der Waals surface area contributed by atoms with Gasteiger partial charge in [-0.1, -0.05) is 13.0 Å². The maximum absolute atomic E-state index is 11.0. The van der Waals surface area contributed by atoms with Gasteiger partial charge in [0.2, 0.25) is 0 Å². The summed E-state index contributed by atoms with van der Waals surface area (Å²) < 4.78 is 10.9. The fourth-order valence-electron chi connectivity index (χ4n) is 1.82. The normalized spacial score (nSPS) is 12.0. The van der Waals surface area contributed by atoms with Crippen molar-refractivity contribution in [3.05, 3.63) is 23.8 Å². The quantitative estimate of drug-likeness (QED) is 0.755. The number of Topliss-reactive ketones (excluding diaryl/α,β-unsaturated/α-hetero) is 1. The molecule has 4 nitrogen and oxygen atoms in total. The van der Waals surface area contributed by atoms with Crippen molar-refractivity contribution in [3.63, 3.8) is 0 Å². The molecular formula is C16H24O4. The standard InChI is InChI=1S/C16H24O4/c1-4-14(18)9-10-20-16-11-13(6-5-12(2)17)7-8-15(16)19-3/h7-8,11,14,18H,4-6,9-10H2,1-3H3. The topological polar surface area (TPSA) is 55.8 Å². The van der Waals surface area contributed by atoms with Crippen LogP contribution in [-0.4, -0.2) is 30.7 Å². The Morgan fingerprint density at radius 2 is 2.10 bits per heavy atom. The van der Waals surface area contributed by atoms with Gasteiger partial charge in [-0.15, -0.1) is 0 Å². The SMILES string of the molecule is CCC(O)CCOc1cc(CCC(C)=O)ccc1OC. The number of benzene rings is 1. The van der Waals surface area contributed by atoms with E-state index in [9.17, 15) is 9.90 Å². The molecule has 0 aliphatic rings. The van der Waals surface area contributed by atoms with Crippen molar-refractivity contribution >= 4 is 5.78 Å². The molecule has 1 unspecified atom stereocenters. The highest BCUT2D eigenvalue weighted by Crippen LogP contribution is 2.28. The van der Waals surface area contributed by atoms with Gasteiger partial charge in [0.15, 0.2) is 11.5 Å². The van der Waals surface area contributed by atoms with Gasteiger partial charge in [-0.05, 0) is 37.5 Å². The Labute approximate surface area is 120 Å². The number of aliphatic hydroxyl groups is 1. The summed E-state index contributed by atoms with van der Waals surface area (Å²) in [5.74, 6) is 1.51. The zero-order chi connectivity index (χ0) is 15.0. The first kappa shape index (κ1) is 16.5. The number of aryl methyl sites for hydroxylation is 1. The summed E-state index contributed by atoms with van der Waals surface area (Å²) in [7, 11) is 1.60. The lowest BCUT2D eigenvalue weighted by Gasteiger charge is -2.13. The molecule has 0 fully saturated rings. The van der Waals surface area contributed by atoms with Crippen LogP contribution in [0.1, 0.15) is 38.7 Å². The minimum Gasteiger partial charge on any atom is -0.493 e. The van der Waals surface area contributed by atoms with Crippen LogP contribution in [0.5, 0.6) is 11.5 Å². The third-order valence-electron chi connectivity index (χ3n) is 3.17. The van der Waals surface area contributed by atoms with Crippen molar-refractivity contribution in [3.8, 4) is 11.5 Å². The Morgan fingerprint density at radius 3 is 2.70 bits per heavy atom. The second-order valence-electron chi connectivity index (χ2n) is 4.89. The minimum atomic E-state index is -0.332. The number of hydrogen-bond donors (Lipinski definition) is 1. The summed E-state index contributed by atoms with van der Waals surface area (Å²) in [5.41, 5.74) is 1.05. The lowest BCUT2D eigenvalue weighted by atomic mass is 10.1. The number of ketones is 1. The predicted molar refractivity (Wildman–Crippen MR) is 78.4 cm³/mol. The smallest absolute Gasteiger partial charge is 0.161 e. The average Bonchev–Trinajstić information content (AvgIpc) is 2.45. The van der Waals surface area contributed by atoms with Gasteiger partial charge in [0.25, 0.3) is 0 Å². The Hall–Kier alpha value is -1.55. The number of hydrogen-bond acceptors (Lipinski definition) is 4. The fraction of sp³-hybridized carbons (Fsp3) is 0.562. The van der Waals surface area contributed by atoms with Crippen LogP contribution in [0.3, 0.4) is 0 Å². The van der Waals surface area contributed by atoms with Crippen molar-refractivity contribution in [2.24, 2.45) is 0 Å². The molecule has 1 aromatic rings. The van der Waals surface area contributed by atoms with E-state index in [-0.39, 0.29) is 11.9 Å². The molecule has 0 spiro atoms. The van der Waals surface area contributed by atoms with E-state index in [1.165, 1.54) is 0 Å². The summed E-state index contributed by atoms with van der Waals surface area (Å²) >= 11 is 0. The largest absolute Gasteiger partial charge is 0.493 e. The molecule has 112 valence electrons. The van der Waals surface area contributed by atoms with Gasteiger partial charge >= 0.3 is 0 Å². The van der Waals surface area contributed by atoms with Crippen molar-refractivity contribution in [2.45, 2.75) is 45.6 Å². The van der Waals surface area contributed by atoms with Crippen molar-refractivity contribution < 1.29 is 19.4 Å². The van der Waals surface area contributed by atoms with E-state index in [2.05, 4.69) is 0 Å². The number of methoxy groups -OCH3 is 1. The van der Waals surface area contributed by atoms with Crippen LogP contribution in [0, 0.1) is 0 Å².